The standard InChI is InChI=1S/C27H24F2N8O5S/c1-16(38)3-6-23(39)36-7-9-37(10-8-36)26-24-21(32-15-33-26)5-4-20(34-24)17-11-22(27(42-2)31-12-17)35-43(40,41)25-18(28)13-30-14-19(25)29/h3-6,11-15,35H,7-10H2,1-2H3/b6-3+. The van der Waals surface area contributed by atoms with Crippen molar-refractivity contribution in [2.75, 3.05) is 42.9 Å². The molecule has 0 aromatic carbocycles. The molecule has 0 radical (unpaired) electrons. The number of rotatable bonds is 8. The summed E-state index contributed by atoms with van der Waals surface area (Å²) in [6.45, 7) is 3.08. The summed E-state index contributed by atoms with van der Waals surface area (Å²) in [6.07, 6.45) is 6.48. The van der Waals surface area contributed by atoms with E-state index in [4.69, 9.17) is 9.72 Å². The number of pyridine rings is 3. The average Bonchev–Trinajstić information content (AvgIpc) is 2.99. The van der Waals surface area contributed by atoms with Gasteiger partial charge in [-0.2, -0.15) is 0 Å². The molecule has 5 rings (SSSR count). The van der Waals surface area contributed by atoms with Crippen molar-refractivity contribution in [1.82, 2.24) is 29.8 Å². The first kappa shape index (κ1) is 29.4. The second-order valence-electron chi connectivity index (χ2n) is 9.34. The molecule has 1 amide bonds. The van der Waals surface area contributed by atoms with Gasteiger partial charge in [-0.3, -0.25) is 19.3 Å². The molecule has 4 aromatic heterocycles. The van der Waals surface area contributed by atoms with E-state index in [1.165, 1.54) is 44.8 Å². The highest BCUT2D eigenvalue weighted by Gasteiger charge is 2.27. The van der Waals surface area contributed by atoms with Crippen LogP contribution in [-0.2, 0) is 19.6 Å². The van der Waals surface area contributed by atoms with Gasteiger partial charge in [0.2, 0.25) is 11.8 Å². The number of hydrogen-bond acceptors (Lipinski definition) is 11. The van der Waals surface area contributed by atoms with E-state index < -0.39 is 26.6 Å². The van der Waals surface area contributed by atoms with Crippen molar-refractivity contribution in [2.45, 2.75) is 11.8 Å². The number of carbonyl (C=O) groups excluding carboxylic acids is 2. The maximum absolute atomic E-state index is 14.2. The largest absolute Gasteiger partial charge is 0.480 e. The molecular weight excluding hydrogens is 586 g/mol. The first-order valence-electron chi connectivity index (χ1n) is 12.8. The molecule has 0 atom stereocenters. The van der Waals surface area contributed by atoms with Gasteiger partial charge in [0.05, 0.1) is 30.7 Å². The van der Waals surface area contributed by atoms with E-state index in [0.717, 1.165) is 0 Å². The molecule has 222 valence electrons. The number of nitrogens with zero attached hydrogens (tertiary/aromatic N) is 7. The Kier molecular flexibility index (Phi) is 8.20. The van der Waals surface area contributed by atoms with E-state index >= 15 is 0 Å². The van der Waals surface area contributed by atoms with Gasteiger partial charge in [0.25, 0.3) is 10.0 Å². The Morgan fingerprint density at radius 3 is 2.40 bits per heavy atom. The number of piperazine rings is 1. The number of hydrogen-bond donors (Lipinski definition) is 1. The van der Waals surface area contributed by atoms with Crippen LogP contribution in [0.3, 0.4) is 0 Å². The lowest BCUT2D eigenvalue weighted by Gasteiger charge is -2.35. The molecule has 0 bridgehead atoms. The van der Waals surface area contributed by atoms with Gasteiger partial charge in [-0.25, -0.2) is 37.1 Å². The van der Waals surface area contributed by atoms with Crippen molar-refractivity contribution in [3.05, 3.63) is 66.9 Å². The van der Waals surface area contributed by atoms with Crippen molar-refractivity contribution >= 4 is 44.3 Å². The molecule has 5 heterocycles. The summed E-state index contributed by atoms with van der Waals surface area (Å²) in [5.41, 5.74) is 1.56. The van der Waals surface area contributed by atoms with Crippen LogP contribution in [0.25, 0.3) is 22.3 Å². The van der Waals surface area contributed by atoms with Crippen LogP contribution in [0, 0.1) is 11.6 Å². The lowest BCUT2D eigenvalue weighted by Crippen LogP contribution is -2.48. The highest BCUT2D eigenvalue weighted by Crippen LogP contribution is 2.32. The van der Waals surface area contributed by atoms with Gasteiger partial charge in [-0.05, 0) is 31.2 Å². The van der Waals surface area contributed by atoms with Crippen LogP contribution >= 0.6 is 0 Å². The second-order valence-corrected chi connectivity index (χ2v) is 11.0. The molecule has 0 spiro atoms. The van der Waals surface area contributed by atoms with E-state index in [-0.39, 0.29) is 23.3 Å². The highest BCUT2D eigenvalue weighted by molar-refractivity contribution is 7.92. The van der Waals surface area contributed by atoms with Crippen molar-refractivity contribution in [3.8, 4) is 17.1 Å². The monoisotopic (exact) mass is 610 g/mol. The van der Waals surface area contributed by atoms with Crippen molar-refractivity contribution in [2.24, 2.45) is 0 Å². The number of aromatic nitrogens is 5. The van der Waals surface area contributed by atoms with Crippen LogP contribution in [0.5, 0.6) is 5.88 Å². The third kappa shape index (κ3) is 6.23. The lowest BCUT2D eigenvalue weighted by atomic mass is 10.1. The summed E-state index contributed by atoms with van der Waals surface area (Å²) in [6, 6.07) is 4.74. The number of fused-ring (bicyclic) bond motifs is 1. The third-order valence-corrected chi connectivity index (χ3v) is 7.89. The molecule has 0 aliphatic carbocycles. The van der Waals surface area contributed by atoms with Gasteiger partial charge in [-0.15, -0.1) is 0 Å². The van der Waals surface area contributed by atoms with Crippen LogP contribution in [0.2, 0.25) is 0 Å². The predicted molar refractivity (Wildman–Crippen MR) is 151 cm³/mol. The molecule has 1 N–H and O–H groups in total. The van der Waals surface area contributed by atoms with Gasteiger partial charge in [0.15, 0.2) is 28.1 Å². The summed E-state index contributed by atoms with van der Waals surface area (Å²) in [5, 5.41) is 0. The molecule has 1 aliphatic rings. The fourth-order valence-corrected chi connectivity index (χ4v) is 5.59. The first-order chi connectivity index (χ1) is 20.6. The van der Waals surface area contributed by atoms with Crippen LogP contribution in [0.1, 0.15) is 6.92 Å². The Balaban J connectivity index is 1.45. The van der Waals surface area contributed by atoms with Crippen molar-refractivity contribution in [1.29, 1.82) is 0 Å². The van der Waals surface area contributed by atoms with Crippen LogP contribution in [0.15, 0.2) is 60.2 Å². The normalized spacial score (nSPS) is 13.9. The van der Waals surface area contributed by atoms with E-state index in [1.54, 1.807) is 17.0 Å². The van der Waals surface area contributed by atoms with Crippen molar-refractivity contribution in [3.63, 3.8) is 0 Å². The van der Waals surface area contributed by atoms with E-state index in [0.29, 0.717) is 66.7 Å². The minimum absolute atomic E-state index is 0.141. The van der Waals surface area contributed by atoms with E-state index in [1.807, 2.05) is 4.90 Å². The number of nitrogens with one attached hydrogen (secondary N) is 1. The third-order valence-electron chi connectivity index (χ3n) is 6.48. The quantitative estimate of drug-likeness (QED) is 0.292. The van der Waals surface area contributed by atoms with Crippen LogP contribution in [-0.4, -0.2) is 83.2 Å². The Morgan fingerprint density at radius 1 is 1.00 bits per heavy atom. The Morgan fingerprint density at radius 2 is 1.72 bits per heavy atom. The predicted octanol–water partition coefficient (Wildman–Crippen LogP) is 2.36. The molecule has 1 fully saturated rings. The molecule has 0 saturated carbocycles. The van der Waals surface area contributed by atoms with Gasteiger partial charge in [0, 0.05) is 44.0 Å². The summed E-state index contributed by atoms with van der Waals surface area (Å²) < 4.78 is 61.5. The lowest BCUT2D eigenvalue weighted by molar-refractivity contribution is -0.126. The number of ketones is 1. The Bertz CT molecular complexity index is 1840. The summed E-state index contributed by atoms with van der Waals surface area (Å²) >= 11 is 0. The van der Waals surface area contributed by atoms with Crippen LogP contribution in [0.4, 0.5) is 20.3 Å². The van der Waals surface area contributed by atoms with Gasteiger partial charge in [0.1, 0.15) is 17.5 Å². The molecule has 43 heavy (non-hydrogen) atoms. The molecule has 0 unspecified atom stereocenters. The molecule has 1 saturated heterocycles. The van der Waals surface area contributed by atoms with Crippen molar-refractivity contribution < 1.29 is 31.5 Å². The fraction of sp³-hybridized carbons (Fsp3) is 0.222. The molecule has 16 heteroatoms. The second kappa shape index (κ2) is 12.0. The number of methoxy groups -OCH3 is 1. The number of sulfonamides is 1. The average molecular weight is 611 g/mol. The first-order valence-corrected chi connectivity index (χ1v) is 14.3. The van der Waals surface area contributed by atoms with E-state index in [9.17, 15) is 26.8 Å². The zero-order valence-electron chi connectivity index (χ0n) is 22.9. The van der Waals surface area contributed by atoms with Gasteiger partial charge in [-0.1, -0.05) is 0 Å². The zero-order valence-corrected chi connectivity index (χ0v) is 23.7. The number of carbonyl (C=O) groups is 2. The van der Waals surface area contributed by atoms with E-state index in [2.05, 4.69) is 24.7 Å². The highest BCUT2D eigenvalue weighted by atomic mass is 32.2. The minimum atomic E-state index is -4.74. The minimum Gasteiger partial charge on any atom is -0.480 e. The summed E-state index contributed by atoms with van der Waals surface area (Å²) in [7, 11) is -3.47. The van der Waals surface area contributed by atoms with Gasteiger partial charge < -0.3 is 14.5 Å². The maximum Gasteiger partial charge on any atom is 0.268 e. The molecule has 4 aromatic rings. The smallest absolute Gasteiger partial charge is 0.268 e. The molecule has 13 nitrogen and oxygen atoms in total. The fourth-order valence-electron chi connectivity index (χ4n) is 4.43. The molecule has 1 aliphatic heterocycles. The Hall–Kier alpha value is -5.12. The number of allylic oxidation sites excluding steroid dienone is 1. The summed E-state index contributed by atoms with van der Waals surface area (Å²) in [5.74, 6) is -2.80. The summed E-state index contributed by atoms with van der Waals surface area (Å²) in [4.78, 5) is 46.8. The number of anilines is 2. The zero-order chi connectivity index (χ0) is 30.7. The van der Waals surface area contributed by atoms with Crippen LogP contribution < -0.4 is 14.4 Å². The SMILES string of the molecule is COc1ncc(-c2ccc3ncnc(N4CCN(C(=O)/C=C/C(C)=O)CC4)c3n2)cc1NS(=O)(=O)c1c(F)cncc1F. The number of halogens is 2. The Labute approximate surface area is 244 Å². The maximum atomic E-state index is 14.2. The number of ether oxygens (including phenoxy) is 1. The van der Waals surface area contributed by atoms with Gasteiger partial charge >= 0.3 is 0 Å². The number of amides is 1. The topological polar surface area (TPSA) is 160 Å². The molecular formula is C27H24F2N8O5S.